The number of halogens is 3. The molecule has 5 heteroatoms. The zero-order valence-electron chi connectivity index (χ0n) is 8.35. The van der Waals surface area contributed by atoms with Crippen LogP contribution in [0.25, 0.3) is 0 Å². The molecule has 0 radical (unpaired) electrons. The summed E-state index contributed by atoms with van der Waals surface area (Å²) in [5.41, 5.74) is -0.384. The van der Waals surface area contributed by atoms with Gasteiger partial charge in [0.05, 0.1) is 17.1 Å². The number of nitrogens with zero attached hydrogens (tertiary/aromatic N) is 1. The Balaban J connectivity index is 3.13. The molecule has 0 aromatic heterocycles. The van der Waals surface area contributed by atoms with Crippen LogP contribution >= 0.6 is 11.6 Å². The van der Waals surface area contributed by atoms with Gasteiger partial charge in [-0.15, -0.1) is 0 Å². The first-order valence-electron chi connectivity index (χ1n) is 4.25. The molecule has 0 aliphatic carbocycles. The summed E-state index contributed by atoms with van der Waals surface area (Å²) in [6.45, 7) is -0.0138. The molecule has 0 N–H and O–H groups in total. The molecule has 82 valence electrons. The van der Waals surface area contributed by atoms with E-state index in [9.17, 15) is 13.6 Å². The van der Waals surface area contributed by atoms with E-state index in [1.54, 1.807) is 19.0 Å². The summed E-state index contributed by atoms with van der Waals surface area (Å²) < 4.78 is 26.1. The maximum Gasteiger partial charge on any atom is 0.181 e. The van der Waals surface area contributed by atoms with E-state index in [4.69, 9.17) is 11.6 Å². The lowest BCUT2D eigenvalue weighted by Crippen LogP contribution is -2.23. The Labute approximate surface area is 91.4 Å². The minimum Gasteiger partial charge on any atom is -0.302 e. The highest BCUT2D eigenvalue weighted by Crippen LogP contribution is 2.22. The predicted molar refractivity (Wildman–Crippen MR) is 54.3 cm³/mol. The molecule has 0 unspecified atom stereocenters. The van der Waals surface area contributed by atoms with E-state index in [-0.39, 0.29) is 17.1 Å². The van der Waals surface area contributed by atoms with Crippen molar-refractivity contribution < 1.29 is 13.6 Å². The molecule has 0 aliphatic rings. The van der Waals surface area contributed by atoms with E-state index < -0.39 is 17.4 Å². The Kier molecular flexibility index (Phi) is 3.77. The van der Waals surface area contributed by atoms with Gasteiger partial charge in [0.1, 0.15) is 0 Å². The van der Waals surface area contributed by atoms with Crippen LogP contribution in [0, 0.1) is 11.6 Å². The summed E-state index contributed by atoms with van der Waals surface area (Å²) in [5, 5.41) is -0.0687. The molecular weight excluding hydrogens is 224 g/mol. The highest BCUT2D eigenvalue weighted by molar-refractivity contribution is 6.34. The minimum absolute atomic E-state index is 0.0138. The van der Waals surface area contributed by atoms with Crippen molar-refractivity contribution in [1.82, 2.24) is 4.90 Å². The standard InChI is InChI=1S/C10H10ClF2NO/c1-14(2)5-8(15)9-6(11)3-4-7(12)10(9)13/h3-4H,5H2,1-2H3. The number of carbonyl (C=O) groups is 1. The van der Waals surface area contributed by atoms with Crippen LogP contribution < -0.4 is 0 Å². The number of carbonyl (C=O) groups excluding carboxylic acids is 1. The Bertz CT molecular complexity index is 393. The Morgan fingerprint density at radius 2 is 2.00 bits per heavy atom. The number of rotatable bonds is 3. The third-order valence-electron chi connectivity index (χ3n) is 1.78. The first kappa shape index (κ1) is 12.1. The maximum atomic E-state index is 13.3. The minimum atomic E-state index is -1.19. The SMILES string of the molecule is CN(C)CC(=O)c1c(Cl)ccc(F)c1F. The largest absolute Gasteiger partial charge is 0.302 e. The summed E-state index contributed by atoms with van der Waals surface area (Å²) in [6.07, 6.45) is 0. The summed E-state index contributed by atoms with van der Waals surface area (Å²) in [7, 11) is 3.31. The highest BCUT2D eigenvalue weighted by Gasteiger charge is 2.19. The molecule has 0 saturated carbocycles. The van der Waals surface area contributed by atoms with Crippen LogP contribution in [-0.2, 0) is 0 Å². The van der Waals surface area contributed by atoms with Crippen molar-refractivity contribution in [3.63, 3.8) is 0 Å². The van der Waals surface area contributed by atoms with E-state index in [0.29, 0.717) is 0 Å². The average Bonchev–Trinajstić information content (AvgIpc) is 2.11. The number of ketones is 1. The van der Waals surface area contributed by atoms with Crippen LogP contribution in [0.4, 0.5) is 8.78 Å². The normalized spacial score (nSPS) is 10.8. The second-order valence-corrected chi connectivity index (χ2v) is 3.79. The average molecular weight is 234 g/mol. The molecule has 2 nitrogen and oxygen atoms in total. The molecule has 1 aromatic carbocycles. The van der Waals surface area contributed by atoms with Crippen molar-refractivity contribution in [3.8, 4) is 0 Å². The van der Waals surface area contributed by atoms with Gasteiger partial charge in [-0.2, -0.15) is 0 Å². The quantitative estimate of drug-likeness (QED) is 0.590. The van der Waals surface area contributed by atoms with Crippen molar-refractivity contribution in [2.75, 3.05) is 20.6 Å². The molecule has 1 aromatic rings. The molecule has 0 saturated heterocycles. The molecule has 0 fully saturated rings. The monoisotopic (exact) mass is 233 g/mol. The lowest BCUT2D eigenvalue weighted by molar-refractivity contribution is 0.0953. The van der Waals surface area contributed by atoms with Crippen LogP contribution in [0.5, 0.6) is 0 Å². The topological polar surface area (TPSA) is 20.3 Å². The fourth-order valence-corrected chi connectivity index (χ4v) is 1.40. The molecule has 15 heavy (non-hydrogen) atoms. The molecule has 0 heterocycles. The number of likely N-dealkylation sites (N-methyl/N-ethyl adjacent to an activating group) is 1. The van der Waals surface area contributed by atoms with Crippen LogP contribution in [0.3, 0.4) is 0 Å². The number of Topliss-reactive ketones (excluding diaryl/α,β-unsaturated/α-hetero) is 1. The maximum absolute atomic E-state index is 13.3. The van der Waals surface area contributed by atoms with E-state index in [0.717, 1.165) is 6.07 Å². The van der Waals surface area contributed by atoms with Gasteiger partial charge in [-0.05, 0) is 26.2 Å². The van der Waals surface area contributed by atoms with Gasteiger partial charge in [-0.3, -0.25) is 4.79 Å². The smallest absolute Gasteiger partial charge is 0.181 e. The zero-order valence-corrected chi connectivity index (χ0v) is 9.11. The zero-order chi connectivity index (χ0) is 11.6. The van der Waals surface area contributed by atoms with Gasteiger partial charge in [-0.1, -0.05) is 11.6 Å². The number of benzene rings is 1. The van der Waals surface area contributed by atoms with Gasteiger partial charge in [0.2, 0.25) is 0 Å². The second kappa shape index (κ2) is 4.68. The van der Waals surface area contributed by atoms with Crippen molar-refractivity contribution >= 4 is 17.4 Å². The second-order valence-electron chi connectivity index (χ2n) is 3.38. The van der Waals surface area contributed by atoms with E-state index in [1.165, 1.54) is 6.07 Å². The van der Waals surface area contributed by atoms with Crippen LogP contribution in [0.1, 0.15) is 10.4 Å². The fraction of sp³-hybridized carbons (Fsp3) is 0.300. The summed E-state index contributed by atoms with van der Waals surface area (Å²) >= 11 is 5.63. The fourth-order valence-electron chi connectivity index (χ4n) is 1.15. The van der Waals surface area contributed by atoms with Gasteiger partial charge in [0.25, 0.3) is 0 Å². The van der Waals surface area contributed by atoms with Crippen LogP contribution in [0.2, 0.25) is 5.02 Å². The van der Waals surface area contributed by atoms with Crippen molar-refractivity contribution in [2.24, 2.45) is 0 Å². The van der Waals surface area contributed by atoms with Crippen molar-refractivity contribution in [2.45, 2.75) is 0 Å². The Morgan fingerprint density at radius 3 is 2.53 bits per heavy atom. The first-order chi connectivity index (χ1) is 6.93. The first-order valence-corrected chi connectivity index (χ1v) is 4.62. The molecule has 0 amide bonds. The summed E-state index contributed by atoms with van der Waals surface area (Å²) in [5.74, 6) is -2.79. The molecule has 1 rings (SSSR count). The molecule has 0 atom stereocenters. The Morgan fingerprint density at radius 1 is 1.40 bits per heavy atom. The van der Waals surface area contributed by atoms with Crippen LogP contribution in [0.15, 0.2) is 12.1 Å². The van der Waals surface area contributed by atoms with Gasteiger partial charge in [0.15, 0.2) is 17.4 Å². The Hall–Kier alpha value is -1.00. The number of hydrogen-bond acceptors (Lipinski definition) is 2. The lowest BCUT2D eigenvalue weighted by atomic mass is 10.1. The third kappa shape index (κ3) is 2.73. The predicted octanol–water partition coefficient (Wildman–Crippen LogP) is 2.36. The van der Waals surface area contributed by atoms with Gasteiger partial charge in [0, 0.05) is 0 Å². The van der Waals surface area contributed by atoms with Crippen LogP contribution in [-0.4, -0.2) is 31.3 Å². The summed E-state index contributed by atoms with van der Waals surface area (Å²) in [4.78, 5) is 13.1. The van der Waals surface area contributed by atoms with E-state index in [1.807, 2.05) is 0 Å². The van der Waals surface area contributed by atoms with Gasteiger partial charge >= 0.3 is 0 Å². The number of hydrogen-bond donors (Lipinski definition) is 0. The molecule has 0 bridgehead atoms. The van der Waals surface area contributed by atoms with Crippen molar-refractivity contribution in [3.05, 3.63) is 34.4 Å². The van der Waals surface area contributed by atoms with Gasteiger partial charge in [-0.25, -0.2) is 8.78 Å². The highest BCUT2D eigenvalue weighted by atomic mass is 35.5. The van der Waals surface area contributed by atoms with E-state index >= 15 is 0 Å². The molecule has 0 spiro atoms. The third-order valence-corrected chi connectivity index (χ3v) is 2.10. The molecule has 0 aliphatic heterocycles. The molecular formula is C10H10ClF2NO. The lowest BCUT2D eigenvalue weighted by Gasteiger charge is -2.10. The van der Waals surface area contributed by atoms with E-state index in [2.05, 4.69) is 0 Å². The van der Waals surface area contributed by atoms with Gasteiger partial charge < -0.3 is 4.90 Å². The summed E-state index contributed by atoms with van der Waals surface area (Å²) in [6, 6.07) is 2.06. The van der Waals surface area contributed by atoms with Crippen molar-refractivity contribution in [1.29, 1.82) is 0 Å².